The van der Waals surface area contributed by atoms with Crippen LogP contribution in [0.15, 0.2) is 79.0 Å². The van der Waals surface area contributed by atoms with Gasteiger partial charge in [-0.3, -0.25) is 9.59 Å². The Kier molecular flexibility index (Phi) is 8.27. The van der Waals surface area contributed by atoms with Crippen molar-refractivity contribution in [2.45, 2.75) is 44.7 Å². The molecule has 1 atom stereocenters. The average Bonchev–Trinajstić information content (AvgIpc) is 3.18. The van der Waals surface area contributed by atoms with Gasteiger partial charge in [-0.05, 0) is 42.2 Å². The highest BCUT2D eigenvalue weighted by atomic mass is 16.2. The minimum absolute atomic E-state index is 0.126. The molecule has 2 N–H and O–H groups in total. The Morgan fingerprint density at radius 1 is 0.853 bits per heavy atom. The van der Waals surface area contributed by atoms with Gasteiger partial charge in [-0.15, -0.1) is 0 Å². The van der Waals surface area contributed by atoms with Crippen molar-refractivity contribution in [3.8, 4) is 0 Å². The van der Waals surface area contributed by atoms with Gasteiger partial charge >= 0.3 is 0 Å². The van der Waals surface area contributed by atoms with Crippen LogP contribution in [-0.4, -0.2) is 29.9 Å². The van der Waals surface area contributed by atoms with Gasteiger partial charge in [-0.2, -0.15) is 0 Å². The molecular formula is C28H32N4O2. The number of pyridine rings is 1. The van der Waals surface area contributed by atoms with E-state index >= 15 is 0 Å². The van der Waals surface area contributed by atoms with Crippen molar-refractivity contribution in [1.29, 1.82) is 0 Å². The van der Waals surface area contributed by atoms with Crippen LogP contribution in [0.4, 0.5) is 5.82 Å². The lowest BCUT2D eigenvalue weighted by atomic mass is 10.0. The normalized spacial score (nSPS) is 14.6. The minimum Gasteiger partial charge on any atom is -0.357 e. The zero-order chi connectivity index (χ0) is 23.6. The highest BCUT2D eigenvalue weighted by Crippen LogP contribution is 2.19. The number of anilines is 1. The summed E-state index contributed by atoms with van der Waals surface area (Å²) in [5, 5.41) is 5.99. The van der Waals surface area contributed by atoms with E-state index in [0.29, 0.717) is 12.1 Å². The van der Waals surface area contributed by atoms with Crippen molar-refractivity contribution >= 4 is 17.6 Å². The predicted octanol–water partition coefficient (Wildman–Crippen LogP) is 4.64. The fourth-order valence-corrected chi connectivity index (χ4v) is 4.23. The van der Waals surface area contributed by atoms with Crippen LogP contribution in [0, 0.1) is 0 Å². The number of nitrogens with one attached hydrogen (secondary N) is 2. The van der Waals surface area contributed by atoms with Crippen molar-refractivity contribution in [3.63, 3.8) is 0 Å². The minimum atomic E-state index is -0.419. The van der Waals surface area contributed by atoms with Crippen LogP contribution < -0.4 is 15.5 Å². The molecule has 1 unspecified atom stereocenters. The van der Waals surface area contributed by atoms with Gasteiger partial charge in [0, 0.05) is 31.4 Å². The molecule has 0 aliphatic carbocycles. The lowest BCUT2D eigenvalue weighted by molar-refractivity contribution is -0.121. The Bertz CT molecular complexity index is 1050. The molecule has 6 nitrogen and oxygen atoms in total. The number of hydrogen-bond acceptors (Lipinski definition) is 4. The van der Waals surface area contributed by atoms with E-state index in [9.17, 15) is 9.59 Å². The van der Waals surface area contributed by atoms with E-state index < -0.39 is 6.04 Å². The molecule has 0 saturated carbocycles. The average molecular weight is 457 g/mol. The SMILES string of the molecule is O=C(CC(NC(=O)c1ccccc1)c1ccccc1)NCc1ccc(N2CCCCCC2)nc1. The summed E-state index contributed by atoms with van der Waals surface area (Å²) < 4.78 is 0. The molecule has 6 heteroatoms. The van der Waals surface area contributed by atoms with E-state index in [-0.39, 0.29) is 18.2 Å². The first-order valence-electron chi connectivity index (χ1n) is 12.1. The summed E-state index contributed by atoms with van der Waals surface area (Å²) in [4.78, 5) is 32.5. The molecule has 34 heavy (non-hydrogen) atoms. The predicted molar refractivity (Wildman–Crippen MR) is 134 cm³/mol. The summed E-state index contributed by atoms with van der Waals surface area (Å²) >= 11 is 0. The summed E-state index contributed by atoms with van der Waals surface area (Å²) in [5.74, 6) is 0.680. The van der Waals surface area contributed by atoms with Crippen LogP contribution in [0.5, 0.6) is 0 Å². The lowest BCUT2D eigenvalue weighted by Crippen LogP contribution is -2.33. The van der Waals surface area contributed by atoms with Gasteiger partial charge in [0.15, 0.2) is 0 Å². The second-order valence-electron chi connectivity index (χ2n) is 8.71. The molecule has 0 radical (unpaired) electrons. The second kappa shape index (κ2) is 12.0. The fourth-order valence-electron chi connectivity index (χ4n) is 4.23. The van der Waals surface area contributed by atoms with Gasteiger partial charge < -0.3 is 15.5 Å². The number of benzene rings is 2. The third kappa shape index (κ3) is 6.67. The number of rotatable bonds is 8. The van der Waals surface area contributed by atoms with Crippen LogP contribution in [0.2, 0.25) is 0 Å². The van der Waals surface area contributed by atoms with Gasteiger partial charge in [0.25, 0.3) is 5.91 Å². The highest BCUT2D eigenvalue weighted by molar-refractivity contribution is 5.94. The Hall–Kier alpha value is -3.67. The van der Waals surface area contributed by atoms with Crippen molar-refractivity contribution in [2.75, 3.05) is 18.0 Å². The van der Waals surface area contributed by atoms with Gasteiger partial charge in [-0.1, -0.05) is 67.4 Å². The third-order valence-electron chi connectivity index (χ3n) is 6.16. The molecule has 1 saturated heterocycles. The highest BCUT2D eigenvalue weighted by Gasteiger charge is 2.19. The van der Waals surface area contributed by atoms with Gasteiger partial charge in [0.05, 0.1) is 12.5 Å². The van der Waals surface area contributed by atoms with Gasteiger partial charge in [0.2, 0.25) is 5.91 Å². The summed E-state index contributed by atoms with van der Waals surface area (Å²) in [6, 6.07) is 22.3. The smallest absolute Gasteiger partial charge is 0.251 e. The molecule has 3 aromatic rings. The van der Waals surface area contributed by atoms with Crippen LogP contribution >= 0.6 is 0 Å². The molecule has 1 aliphatic heterocycles. The number of hydrogen-bond donors (Lipinski definition) is 2. The maximum absolute atomic E-state index is 12.8. The Morgan fingerprint density at radius 3 is 2.18 bits per heavy atom. The van der Waals surface area contributed by atoms with Crippen molar-refractivity contribution < 1.29 is 9.59 Å². The van der Waals surface area contributed by atoms with Crippen LogP contribution in [0.3, 0.4) is 0 Å². The molecule has 1 aromatic heterocycles. The third-order valence-corrected chi connectivity index (χ3v) is 6.16. The molecule has 4 rings (SSSR count). The molecule has 2 amide bonds. The van der Waals surface area contributed by atoms with Crippen molar-refractivity contribution in [3.05, 3.63) is 95.7 Å². The number of nitrogens with zero attached hydrogens (tertiary/aromatic N) is 2. The Balaban J connectivity index is 1.34. The standard InChI is InChI=1S/C28H32N4O2/c33-27(30-21-22-15-16-26(29-20-22)32-17-9-1-2-10-18-32)19-25(23-11-5-3-6-12-23)31-28(34)24-13-7-4-8-14-24/h3-8,11-16,20,25H,1-2,9-10,17-19,21H2,(H,30,33)(H,31,34). The first-order chi connectivity index (χ1) is 16.7. The summed E-state index contributed by atoms with van der Waals surface area (Å²) in [6.45, 7) is 2.51. The summed E-state index contributed by atoms with van der Waals surface area (Å²) in [5.41, 5.74) is 2.42. The van der Waals surface area contributed by atoms with Crippen molar-refractivity contribution in [2.24, 2.45) is 0 Å². The quantitative estimate of drug-likeness (QED) is 0.518. The summed E-state index contributed by atoms with van der Waals surface area (Å²) in [7, 11) is 0. The van der Waals surface area contributed by atoms with E-state index in [0.717, 1.165) is 30.0 Å². The second-order valence-corrected chi connectivity index (χ2v) is 8.71. The first kappa shape index (κ1) is 23.5. The number of aromatic nitrogens is 1. The number of amides is 2. The van der Waals surface area contributed by atoms with E-state index in [2.05, 4.69) is 20.5 Å². The fraction of sp³-hybridized carbons (Fsp3) is 0.321. The van der Waals surface area contributed by atoms with E-state index in [1.807, 2.05) is 66.9 Å². The lowest BCUT2D eigenvalue weighted by Gasteiger charge is -2.21. The van der Waals surface area contributed by atoms with Crippen LogP contribution in [-0.2, 0) is 11.3 Å². The van der Waals surface area contributed by atoms with Crippen LogP contribution in [0.1, 0.15) is 59.6 Å². The first-order valence-corrected chi connectivity index (χ1v) is 12.1. The molecule has 0 bridgehead atoms. The van der Waals surface area contributed by atoms with Crippen molar-refractivity contribution in [1.82, 2.24) is 15.6 Å². The summed E-state index contributed by atoms with van der Waals surface area (Å²) in [6.07, 6.45) is 6.99. The Morgan fingerprint density at radius 2 is 1.53 bits per heavy atom. The molecule has 2 heterocycles. The van der Waals surface area contributed by atoms with E-state index in [4.69, 9.17) is 0 Å². The topological polar surface area (TPSA) is 74.3 Å². The van der Waals surface area contributed by atoms with E-state index in [1.54, 1.807) is 12.1 Å². The van der Waals surface area contributed by atoms with Gasteiger partial charge in [-0.25, -0.2) is 4.98 Å². The van der Waals surface area contributed by atoms with Gasteiger partial charge in [0.1, 0.15) is 5.82 Å². The molecule has 2 aromatic carbocycles. The molecule has 1 fully saturated rings. The monoisotopic (exact) mass is 456 g/mol. The largest absolute Gasteiger partial charge is 0.357 e. The van der Waals surface area contributed by atoms with E-state index in [1.165, 1.54) is 25.7 Å². The molecular weight excluding hydrogens is 424 g/mol. The number of carbonyl (C=O) groups excluding carboxylic acids is 2. The maximum Gasteiger partial charge on any atom is 0.251 e. The molecule has 1 aliphatic rings. The molecule has 176 valence electrons. The Labute approximate surface area is 201 Å². The van der Waals surface area contributed by atoms with Crippen LogP contribution in [0.25, 0.3) is 0 Å². The zero-order valence-electron chi connectivity index (χ0n) is 19.5. The maximum atomic E-state index is 12.8. The zero-order valence-corrected chi connectivity index (χ0v) is 19.5. The number of carbonyl (C=O) groups is 2. The molecule has 0 spiro atoms.